The largest absolute Gasteiger partial charge is 0.379 e. The van der Waals surface area contributed by atoms with Crippen molar-refractivity contribution < 1.29 is 14.3 Å². The first-order valence-corrected chi connectivity index (χ1v) is 14.2. The van der Waals surface area contributed by atoms with Crippen LogP contribution in [0, 0.1) is 18.8 Å². The van der Waals surface area contributed by atoms with E-state index in [1.54, 1.807) is 7.11 Å². The predicted octanol–water partition coefficient (Wildman–Crippen LogP) is 2.85. The van der Waals surface area contributed by atoms with Gasteiger partial charge in [-0.25, -0.2) is 0 Å². The minimum atomic E-state index is -0.209. The molecule has 2 saturated heterocycles. The van der Waals surface area contributed by atoms with Gasteiger partial charge in [-0.15, -0.1) is 0 Å². The fourth-order valence-corrected chi connectivity index (χ4v) is 6.95. The summed E-state index contributed by atoms with van der Waals surface area (Å²) in [5.41, 5.74) is 3.60. The Morgan fingerprint density at radius 3 is 2.61 bits per heavy atom. The van der Waals surface area contributed by atoms with Crippen LogP contribution < -0.4 is 15.5 Å². The van der Waals surface area contributed by atoms with E-state index in [0.717, 1.165) is 54.5 Å². The van der Waals surface area contributed by atoms with E-state index in [-0.39, 0.29) is 29.7 Å². The first-order chi connectivity index (χ1) is 18.2. The van der Waals surface area contributed by atoms with Gasteiger partial charge < -0.3 is 20.3 Å². The van der Waals surface area contributed by atoms with E-state index in [9.17, 15) is 9.59 Å². The molecule has 1 saturated carbocycles. The number of fused-ring (bicyclic) bond motifs is 1. The molecule has 2 N–H and O–H groups in total. The van der Waals surface area contributed by atoms with Crippen LogP contribution in [0.2, 0.25) is 0 Å². The number of rotatable bonds is 7. The van der Waals surface area contributed by atoms with E-state index < -0.39 is 0 Å². The number of nitrogens with one attached hydrogen (secondary N) is 2. The number of amides is 2. The van der Waals surface area contributed by atoms with E-state index in [4.69, 9.17) is 4.74 Å². The fraction of sp³-hybridized carbons (Fsp3) is 0.690. The minimum absolute atomic E-state index is 0.0300. The number of hydrogen-bond donors (Lipinski definition) is 2. The van der Waals surface area contributed by atoms with Gasteiger partial charge in [0.1, 0.15) is 0 Å². The van der Waals surface area contributed by atoms with Gasteiger partial charge in [-0.2, -0.15) is 5.10 Å². The molecule has 1 aromatic carbocycles. The van der Waals surface area contributed by atoms with Gasteiger partial charge in [-0.1, -0.05) is 6.92 Å². The number of aryl methyl sites for hydroxylation is 2. The lowest BCUT2D eigenvalue weighted by molar-refractivity contribution is -0.129. The molecule has 3 atom stereocenters. The second kappa shape index (κ2) is 10.8. The normalized spacial score (nSPS) is 28.7. The van der Waals surface area contributed by atoms with Gasteiger partial charge in [0.25, 0.3) is 5.91 Å². The monoisotopic (exact) mass is 524 g/mol. The molecule has 2 aromatic rings. The number of nitrogens with zero attached hydrogens (tertiary/aromatic N) is 4. The van der Waals surface area contributed by atoms with Crippen LogP contribution in [-0.4, -0.2) is 84.5 Å². The van der Waals surface area contributed by atoms with E-state index in [1.807, 2.05) is 37.8 Å². The van der Waals surface area contributed by atoms with Crippen LogP contribution in [0.3, 0.4) is 0 Å². The highest BCUT2D eigenvalue weighted by molar-refractivity contribution is 6.05. The summed E-state index contributed by atoms with van der Waals surface area (Å²) in [7, 11) is 5.89. The third kappa shape index (κ3) is 5.02. The van der Waals surface area contributed by atoms with Gasteiger partial charge in [0.05, 0.1) is 23.7 Å². The average Bonchev–Trinajstić information content (AvgIpc) is 3.25. The maximum Gasteiger partial charge on any atom is 0.251 e. The summed E-state index contributed by atoms with van der Waals surface area (Å²) in [6.07, 6.45) is 7.85. The molecule has 3 aliphatic rings. The summed E-state index contributed by atoms with van der Waals surface area (Å²) in [5.74, 6) is -0.0811. The number of benzene rings is 1. The highest BCUT2D eigenvalue weighted by Crippen LogP contribution is 2.36. The first-order valence-electron chi connectivity index (χ1n) is 14.2. The summed E-state index contributed by atoms with van der Waals surface area (Å²) in [6.45, 7) is 8.56. The van der Waals surface area contributed by atoms with Crippen molar-refractivity contribution in [1.29, 1.82) is 0 Å². The molecule has 9 nitrogen and oxygen atoms in total. The third-order valence-corrected chi connectivity index (χ3v) is 9.44. The first kappa shape index (κ1) is 26.9. The van der Waals surface area contributed by atoms with Gasteiger partial charge in [0.2, 0.25) is 5.91 Å². The molecule has 1 aromatic heterocycles. The summed E-state index contributed by atoms with van der Waals surface area (Å²) in [6, 6.07) is 3.28. The summed E-state index contributed by atoms with van der Waals surface area (Å²) < 4.78 is 7.33. The quantitative estimate of drug-likeness (QED) is 0.579. The Balaban J connectivity index is 1.32. The van der Waals surface area contributed by atoms with Gasteiger partial charge in [0.15, 0.2) is 0 Å². The lowest BCUT2D eigenvalue weighted by Crippen LogP contribution is -2.57. The van der Waals surface area contributed by atoms with Crippen molar-refractivity contribution in [3.63, 3.8) is 0 Å². The van der Waals surface area contributed by atoms with Crippen LogP contribution in [-0.2, 0) is 16.6 Å². The van der Waals surface area contributed by atoms with Crippen molar-refractivity contribution in [2.75, 3.05) is 38.7 Å². The molecule has 208 valence electrons. The lowest BCUT2D eigenvalue weighted by Gasteiger charge is -2.47. The Morgan fingerprint density at radius 1 is 1.24 bits per heavy atom. The van der Waals surface area contributed by atoms with E-state index in [2.05, 4.69) is 39.5 Å². The van der Waals surface area contributed by atoms with E-state index in [0.29, 0.717) is 30.3 Å². The molecule has 38 heavy (non-hydrogen) atoms. The maximum atomic E-state index is 13.5. The van der Waals surface area contributed by atoms with Crippen molar-refractivity contribution in [2.45, 2.75) is 77.1 Å². The number of anilines is 1. The summed E-state index contributed by atoms with van der Waals surface area (Å²) in [5, 5.41) is 11.7. The molecule has 2 amide bonds. The number of aromatic nitrogens is 2. The van der Waals surface area contributed by atoms with Crippen molar-refractivity contribution >= 4 is 28.4 Å². The second-order valence-corrected chi connectivity index (χ2v) is 11.9. The summed E-state index contributed by atoms with van der Waals surface area (Å²) >= 11 is 0. The zero-order chi connectivity index (χ0) is 27.1. The Morgan fingerprint density at radius 2 is 1.95 bits per heavy atom. The minimum Gasteiger partial charge on any atom is -0.379 e. The molecular weight excluding hydrogens is 480 g/mol. The van der Waals surface area contributed by atoms with Gasteiger partial charge >= 0.3 is 0 Å². The highest BCUT2D eigenvalue weighted by Gasteiger charge is 2.36. The standard InChI is InChI=1S/C29H44N6O3/c1-17-11-18(2)32-29(37)24(17)13-30-28(36)23-12-26(25-14-31-34(5)27(25)19(23)3)33(4)20-7-9-21(10-8-20)35-15-22(16-35)38-6/h12,14,17-18,20-22,24H,7-11,13,15-16H2,1-6H3,(H,30,36)(H,32,37). The predicted molar refractivity (Wildman–Crippen MR) is 149 cm³/mol. The fourth-order valence-electron chi connectivity index (χ4n) is 6.95. The second-order valence-electron chi connectivity index (χ2n) is 11.9. The Labute approximate surface area is 226 Å². The van der Waals surface area contributed by atoms with Crippen molar-refractivity contribution in [1.82, 2.24) is 25.3 Å². The van der Waals surface area contributed by atoms with Gasteiger partial charge in [-0.3, -0.25) is 19.2 Å². The number of ether oxygens (including phenoxy) is 1. The number of piperidine rings is 1. The van der Waals surface area contributed by atoms with Crippen LogP contribution in [0.1, 0.15) is 61.9 Å². The molecule has 2 aliphatic heterocycles. The van der Waals surface area contributed by atoms with Crippen LogP contribution in [0.4, 0.5) is 5.69 Å². The third-order valence-electron chi connectivity index (χ3n) is 9.44. The molecule has 9 heteroatoms. The zero-order valence-corrected chi connectivity index (χ0v) is 23.8. The lowest BCUT2D eigenvalue weighted by atomic mass is 9.84. The number of carbonyl (C=O) groups excluding carboxylic acids is 2. The Bertz CT molecular complexity index is 1180. The average molecular weight is 525 g/mol. The van der Waals surface area contributed by atoms with Gasteiger partial charge in [-0.05, 0) is 63.5 Å². The molecule has 3 unspecified atom stereocenters. The van der Waals surface area contributed by atoms with E-state index >= 15 is 0 Å². The number of methoxy groups -OCH3 is 1. The molecular formula is C29H44N6O3. The SMILES string of the molecule is COC1CN(C2CCC(N(C)c3cc(C(=O)NCC4C(=O)NC(C)CC4C)c(C)c4c3cnn4C)CC2)C1. The molecule has 0 radical (unpaired) electrons. The van der Waals surface area contributed by atoms with Crippen LogP contribution in [0.5, 0.6) is 0 Å². The van der Waals surface area contributed by atoms with Crippen LogP contribution in [0.15, 0.2) is 12.3 Å². The maximum absolute atomic E-state index is 13.5. The Hall–Kier alpha value is -2.65. The topological polar surface area (TPSA) is 91.7 Å². The molecule has 3 fully saturated rings. The molecule has 0 spiro atoms. The molecule has 0 bridgehead atoms. The molecule has 5 rings (SSSR count). The van der Waals surface area contributed by atoms with Crippen molar-refractivity contribution in [3.05, 3.63) is 23.4 Å². The summed E-state index contributed by atoms with van der Waals surface area (Å²) in [4.78, 5) is 31.0. The van der Waals surface area contributed by atoms with E-state index in [1.165, 1.54) is 12.8 Å². The number of hydrogen-bond acceptors (Lipinski definition) is 6. The smallest absolute Gasteiger partial charge is 0.251 e. The van der Waals surface area contributed by atoms with Crippen molar-refractivity contribution in [3.8, 4) is 0 Å². The number of likely N-dealkylation sites (tertiary alicyclic amines) is 1. The van der Waals surface area contributed by atoms with Crippen LogP contribution in [0.25, 0.3) is 10.9 Å². The van der Waals surface area contributed by atoms with Gasteiger partial charge in [0, 0.05) is 75.6 Å². The molecule has 1 aliphatic carbocycles. The number of carbonyl (C=O) groups is 2. The highest BCUT2D eigenvalue weighted by atomic mass is 16.5. The zero-order valence-electron chi connectivity index (χ0n) is 23.8. The molecule has 3 heterocycles. The van der Waals surface area contributed by atoms with Crippen LogP contribution >= 0.6 is 0 Å². The van der Waals surface area contributed by atoms with Crippen molar-refractivity contribution in [2.24, 2.45) is 18.9 Å². The Kier molecular flexibility index (Phi) is 7.69.